The van der Waals surface area contributed by atoms with Crippen molar-refractivity contribution in [1.82, 2.24) is 14.7 Å². The van der Waals surface area contributed by atoms with E-state index in [2.05, 4.69) is 10.4 Å². The fourth-order valence-corrected chi connectivity index (χ4v) is 4.32. The van der Waals surface area contributed by atoms with Crippen LogP contribution in [0.25, 0.3) is 5.69 Å². The van der Waals surface area contributed by atoms with Crippen molar-refractivity contribution in [2.45, 2.75) is 6.04 Å². The third-order valence-electron chi connectivity index (χ3n) is 4.86. The van der Waals surface area contributed by atoms with Gasteiger partial charge in [-0.05, 0) is 42.5 Å². The average molecular weight is 448 g/mol. The molecule has 1 fully saturated rings. The number of hydrogen-bond donors (Lipinski definition) is 1. The fraction of sp³-hybridized carbons (Fsp3) is 0.143. The number of nitrogens with one attached hydrogen (secondary N) is 1. The number of benzene rings is 2. The normalized spacial score (nSPS) is 15.2. The summed E-state index contributed by atoms with van der Waals surface area (Å²) in [5.74, 6) is 0.115. The number of rotatable bonds is 5. The highest BCUT2D eigenvalue weighted by molar-refractivity contribution is 7.99. The Morgan fingerprint density at radius 3 is 2.53 bits per heavy atom. The zero-order chi connectivity index (χ0) is 22.7. The molecule has 32 heavy (non-hydrogen) atoms. The molecular formula is C21H16N6O4S. The molecule has 3 aromatic rings. The Morgan fingerprint density at radius 1 is 1.16 bits per heavy atom. The average Bonchev–Trinajstić information content (AvgIpc) is 3.49. The van der Waals surface area contributed by atoms with Crippen LogP contribution in [-0.4, -0.2) is 49.1 Å². The summed E-state index contributed by atoms with van der Waals surface area (Å²) in [5, 5.41) is 26.7. The number of nitro benzene ring substituents is 1. The Bertz CT molecular complexity index is 1220. The Balaban J connectivity index is 1.47. The topological polar surface area (TPSA) is 134 Å². The van der Waals surface area contributed by atoms with Crippen molar-refractivity contribution in [2.24, 2.45) is 0 Å². The molecule has 0 aliphatic carbocycles. The van der Waals surface area contributed by atoms with Crippen molar-refractivity contribution in [3.63, 3.8) is 0 Å². The molecule has 1 aromatic heterocycles. The van der Waals surface area contributed by atoms with Crippen LogP contribution in [0.4, 0.5) is 11.4 Å². The van der Waals surface area contributed by atoms with Gasteiger partial charge in [0.05, 0.1) is 28.1 Å². The molecule has 2 amide bonds. The molecule has 1 atom stereocenters. The summed E-state index contributed by atoms with van der Waals surface area (Å²) in [6, 6.07) is 15.2. The van der Waals surface area contributed by atoms with E-state index in [1.54, 1.807) is 48.7 Å². The molecule has 0 saturated carbocycles. The molecule has 1 aliphatic rings. The first-order valence-electron chi connectivity index (χ1n) is 9.46. The highest BCUT2D eigenvalue weighted by Gasteiger charge is 2.36. The van der Waals surface area contributed by atoms with Gasteiger partial charge in [-0.15, -0.1) is 11.8 Å². The zero-order valence-corrected chi connectivity index (χ0v) is 17.4. The van der Waals surface area contributed by atoms with Crippen molar-refractivity contribution in [3.05, 3.63) is 82.2 Å². The molecular weight excluding hydrogens is 432 g/mol. The molecule has 1 aliphatic heterocycles. The van der Waals surface area contributed by atoms with Gasteiger partial charge in [-0.1, -0.05) is 0 Å². The number of nitro groups is 1. The molecule has 0 bridgehead atoms. The van der Waals surface area contributed by atoms with Crippen LogP contribution in [0.1, 0.15) is 16.1 Å². The summed E-state index contributed by atoms with van der Waals surface area (Å²) in [6.07, 6.45) is 1.59. The highest BCUT2D eigenvalue weighted by Crippen LogP contribution is 2.24. The monoisotopic (exact) mass is 448 g/mol. The van der Waals surface area contributed by atoms with Crippen molar-refractivity contribution < 1.29 is 14.5 Å². The van der Waals surface area contributed by atoms with E-state index in [-0.39, 0.29) is 23.2 Å². The number of non-ortho nitro benzene ring substituents is 1. The largest absolute Gasteiger partial charge is 0.324 e. The van der Waals surface area contributed by atoms with Gasteiger partial charge in [-0.2, -0.15) is 10.4 Å². The first kappa shape index (κ1) is 21.1. The molecule has 11 heteroatoms. The third kappa shape index (κ3) is 4.30. The van der Waals surface area contributed by atoms with Crippen LogP contribution in [0.3, 0.4) is 0 Å². The van der Waals surface area contributed by atoms with Crippen molar-refractivity contribution >= 4 is 35.0 Å². The predicted molar refractivity (Wildman–Crippen MR) is 117 cm³/mol. The molecule has 1 unspecified atom stereocenters. The van der Waals surface area contributed by atoms with Crippen LogP contribution >= 0.6 is 11.8 Å². The third-order valence-corrected chi connectivity index (χ3v) is 5.87. The standard InChI is InChI=1S/C21H16N6O4S/c22-11-14-1-3-15(4-2-14)23-20(28)19-12-32-13-25(19)21(29)18-9-10-26(24-18)16-5-7-17(8-6-16)27(30)31/h1-10,19H,12-13H2,(H,23,28). The summed E-state index contributed by atoms with van der Waals surface area (Å²) in [5.41, 5.74) is 1.73. The van der Waals surface area contributed by atoms with Crippen LogP contribution in [0, 0.1) is 21.4 Å². The lowest BCUT2D eigenvalue weighted by Crippen LogP contribution is -2.44. The summed E-state index contributed by atoms with van der Waals surface area (Å²) >= 11 is 1.47. The number of carbonyl (C=O) groups is 2. The molecule has 160 valence electrons. The molecule has 0 radical (unpaired) electrons. The summed E-state index contributed by atoms with van der Waals surface area (Å²) in [4.78, 5) is 37.6. The second-order valence-corrected chi connectivity index (χ2v) is 7.89. The van der Waals surface area contributed by atoms with E-state index in [9.17, 15) is 19.7 Å². The Kier molecular flexibility index (Phi) is 5.87. The van der Waals surface area contributed by atoms with Crippen LogP contribution in [0.15, 0.2) is 60.8 Å². The highest BCUT2D eigenvalue weighted by atomic mass is 32.2. The Morgan fingerprint density at radius 2 is 1.88 bits per heavy atom. The lowest BCUT2D eigenvalue weighted by molar-refractivity contribution is -0.384. The van der Waals surface area contributed by atoms with Gasteiger partial charge in [0.1, 0.15) is 6.04 Å². The number of amides is 2. The molecule has 10 nitrogen and oxygen atoms in total. The van der Waals surface area contributed by atoms with Gasteiger partial charge in [0.2, 0.25) is 5.91 Å². The smallest absolute Gasteiger partial charge is 0.275 e. The van der Waals surface area contributed by atoms with Crippen LogP contribution in [0.5, 0.6) is 0 Å². The zero-order valence-electron chi connectivity index (χ0n) is 16.5. The summed E-state index contributed by atoms with van der Waals surface area (Å²) in [7, 11) is 0. The first-order chi connectivity index (χ1) is 15.5. The van der Waals surface area contributed by atoms with E-state index in [0.29, 0.717) is 28.6 Å². The number of anilines is 1. The number of carbonyl (C=O) groups excluding carboxylic acids is 2. The Hall–Kier alpha value is -4.17. The molecule has 4 rings (SSSR count). The Labute approximate surface area is 186 Å². The van der Waals surface area contributed by atoms with Gasteiger partial charge in [-0.25, -0.2) is 4.68 Å². The van der Waals surface area contributed by atoms with Gasteiger partial charge in [0.15, 0.2) is 5.69 Å². The van der Waals surface area contributed by atoms with Crippen molar-refractivity contribution in [1.29, 1.82) is 5.26 Å². The minimum absolute atomic E-state index is 0.0394. The molecule has 2 aromatic carbocycles. The van der Waals surface area contributed by atoms with E-state index < -0.39 is 11.0 Å². The maximum atomic E-state index is 13.0. The quantitative estimate of drug-likeness (QED) is 0.468. The number of thioether (sulfide) groups is 1. The van der Waals surface area contributed by atoms with E-state index >= 15 is 0 Å². The lowest BCUT2D eigenvalue weighted by atomic mass is 10.2. The van der Waals surface area contributed by atoms with Crippen LogP contribution in [-0.2, 0) is 4.79 Å². The fourth-order valence-electron chi connectivity index (χ4n) is 3.17. The molecule has 0 spiro atoms. The molecule has 2 heterocycles. The second-order valence-electron chi connectivity index (χ2n) is 6.89. The van der Waals surface area contributed by atoms with E-state index in [1.807, 2.05) is 6.07 Å². The van der Waals surface area contributed by atoms with Gasteiger partial charge >= 0.3 is 0 Å². The predicted octanol–water partition coefficient (Wildman–Crippen LogP) is 2.81. The number of nitriles is 1. The van der Waals surface area contributed by atoms with Gasteiger partial charge in [0, 0.05) is 29.8 Å². The molecule has 1 N–H and O–H groups in total. The summed E-state index contributed by atoms with van der Waals surface area (Å²) in [6.45, 7) is 0. The van der Waals surface area contributed by atoms with E-state index in [1.165, 1.54) is 33.5 Å². The van der Waals surface area contributed by atoms with Crippen LogP contribution < -0.4 is 5.32 Å². The second kappa shape index (κ2) is 8.91. The van der Waals surface area contributed by atoms with Gasteiger partial charge < -0.3 is 10.2 Å². The SMILES string of the molecule is N#Cc1ccc(NC(=O)C2CSCN2C(=O)c2ccn(-c3ccc([N+](=O)[O-])cc3)n2)cc1. The summed E-state index contributed by atoms with van der Waals surface area (Å²) < 4.78 is 1.45. The minimum Gasteiger partial charge on any atom is -0.324 e. The van der Waals surface area contributed by atoms with Crippen LogP contribution in [0.2, 0.25) is 0 Å². The van der Waals surface area contributed by atoms with E-state index in [4.69, 9.17) is 5.26 Å². The minimum atomic E-state index is -0.660. The maximum absolute atomic E-state index is 13.0. The lowest BCUT2D eigenvalue weighted by Gasteiger charge is -2.22. The number of aromatic nitrogens is 2. The molecule has 1 saturated heterocycles. The van der Waals surface area contributed by atoms with E-state index in [0.717, 1.165) is 0 Å². The van der Waals surface area contributed by atoms with Crippen molar-refractivity contribution in [2.75, 3.05) is 16.9 Å². The number of nitrogens with zero attached hydrogens (tertiary/aromatic N) is 5. The number of hydrogen-bond acceptors (Lipinski definition) is 7. The van der Waals surface area contributed by atoms with Crippen molar-refractivity contribution in [3.8, 4) is 11.8 Å². The first-order valence-corrected chi connectivity index (χ1v) is 10.6. The maximum Gasteiger partial charge on any atom is 0.275 e. The van der Waals surface area contributed by atoms with Gasteiger partial charge in [-0.3, -0.25) is 19.7 Å². The van der Waals surface area contributed by atoms with Gasteiger partial charge in [0.25, 0.3) is 11.6 Å².